The van der Waals surface area contributed by atoms with E-state index in [1.807, 2.05) is 45.9 Å². The first-order valence-corrected chi connectivity index (χ1v) is 6.85. The number of halogens is 1. The summed E-state index contributed by atoms with van der Waals surface area (Å²) in [5, 5.41) is 2.79. The minimum atomic E-state index is -0.496. The van der Waals surface area contributed by atoms with E-state index in [0.717, 1.165) is 15.8 Å². The lowest BCUT2D eigenvalue weighted by atomic mass is 10.1. The van der Waals surface area contributed by atoms with Crippen molar-refractivity contribution in [2.24, 2.45) is 0 Å². The highest BCUT2D eigenvalue weighted by Crippen LogP contribution is 2.28. The first kappa shape index (κ1) is 15.8. The number of nitrogens with one attached hydrogen (secondary N) is 1. The van der Waals surface area contributed by atoms with Crippen molar-refractivity contribution in [3.05, 3.63) is 28.2 Å². The van der Waals surface area contributed by atoms with Crippen LogP contribution in [-0.2, 0) is 4.74 Å². The highest BCUT2D eigenvalue weighted by atomic mass is 79.9. The molecule has 0 saturated carbocycles. The molecule has 0 radical (unpaired) electrons. The van der Waals surface area contributed by atoms with Crippen molar-refractivity contribution >= 4 is 22.0 Å². The summed E-state index contributed by atoms with van der Waals surface area (Å²) in [6, 6.07) is 5.54. The maximum Gasteiger partial charge on any atom is 0.408 e. The highest BCUT2D eigenvalue weighted by Gasteiger charge is 2.18. The number of rotatable bonds is 3. The zero-order valence-corrected chi connectivity index (χ0v) is 13.5. The molecule has 0 fully saturated rings. The third kappa shape index (κ3) is 5.11. The molecule has 0 aliphatic heterocycles. The van der Waals surface area contributed by atoms with Crippen molar-refractivity contribution in [2.75, 3.05) is 7.11 Å². The molecule has 4 nitrogen and oxygen atoms in total. The van der Waals surface area contributed by atoms with Gasteiger partial charge in [-0.3, -0.25) is 0 Å². The molecule has 0 aliphatic rings. The Bertz CT molecular complexity index is 454. The third-order valence-electron chi connectivity index (χ3n) is 2.41. The molecule has 106 valence electrons. The van der Waals surface area contributed by atoms with Crippen molar-refractivity contribution in [3.63, 3.8) is 0 Å². The van der Waals surface area contributed by atoms with Crippen molar-refractivity contribution in [2.45, 2.75) is 39.3 Å². The maximum atomic E-state index is 11.7. The van der Waals surface area contributed by atoms with Crippen LogP contribution in [0, 0.1) is 0 Å². The van der Waals surface area contributed by atoms with Gasteiger partial charge < -0.3 is 14.8 Å². The molecule has 5 heteroatoms. The number of methoxy groups -OCH3 is 1. The second-order valence-electron chi connectivity index (χ2n) is 5.26. The van der Waals surface area contributed by atoms with Crippen LogP contribution >= 0.6 is 15.9 Å². The van der Waals surface area contributed by atoms with Crippen molar-refractivity contribution < 1.29 is 14.3 Å². The van der Waals surface area contributed by atoms with E-state index < -0.39 is 11.7 Å². The van der Waals surface area contributed by atoms with Crippen LogP contribution in [-0.4, -0.2) is 18.8 Å². The van der Waals surface area contributed by atoms with Gasteiger partial charge in [-0.05, 0) is 61.3 Å². The second kappa shape index (κ2) is 6.28. The summed E-state index contributed by atoms with van der Waals surface area (Å²) in [4.78, 5) is 11.7. The topological polar surface area (TPSA) is 47.6 Å². The third-order valence-corrected chi connectivity index (χ3v) is 3.03. The summed E-state index contributed by atoms with van der Waals surface area (Å²) in [7, 11) is 1.61. The van der Waals surface area contributed by atoms with E-state index in [2.05, 4.69) is 21.2 Å². The van der Waals surface area contributed by atoms with Crippen LogP contribution in [0.3, 0.4) is 0 Å². The fourth-order valence-corrected chi connectivity index (χ4v) is 2.08. The Morgan fingerprint density at radius 1 is 1.37 bits per heavy atom. The minimum absolute atomic E-state index is 0.142. The molecular formula is C14H20BrNO3. The quantitative estimate of drug-likeness (QED) is 0.910. The minimum Gasteiger partial charge on any atom is -0.496 e. The lowest BCUT2D eigenvalue weighted by Gasteiger charge is -2.22. The summed E-state index contributed by atoms with van der Waals surface area (Å²) in [6.07, 6.45) is -0.424. The van der Waals surface area contributed by atoms with Crippen LogP contribution < -0.4 is 10.1 Å². The fourth-order valence-electron chi connectivity index (χ4n) is 1.52. The van der Waals surface area contributed by atoms with Gasteiger partial charge in [-0.25, -0.2) is 4.79 Å². The Labute approximate surface area is 122 Å². The average Bonchev–Trinajstić information content (AvgIpc) is 2.26. The van der Waals surface area contributed by atoms with Crippen molar-refractivity contribution in [1.82, 2.24) is 5.32 Å². The number of alkyl carbamates (subject to hydrolysis) is 1. The summed E-state index contributed by atoms with van der Waals surface area (Å²) in [5.74, 6) is 0.758. The molecule has 0 saturated heterocycles. The molecule has 1 amide bonds. The number of amides is 1. The largest absolute Gasteiger partial charge is 0.496 e. The fraction of sp³-hybridized carbons (Fsp3) is 0.500. The molecule has 19 heavy (non-hydrogen) atoms. The number of carbonyl (C=O) groups excluding carboxylic acids is 1. The van der Waals surface area contributed by atoms with E-state index in [1.54, 1.807) is 7.11 Å². The Morgan fingerprint density at radius 2 is 2.00 bits per heavy atom. The van der Waals surface area contributed by atoms with Crippen molar-refractivity contribution in [3.8, 4) is 5.75 Å². The smallest absolute Gasteiger partial charge is 0.408 e. The van der Waals surface area contributed by atoms with Gasteiger partial charge in [-0.1, -0.05) is 6.07 Å². The van der Waals surface area contributed by atoms with Crippen LogP contribution in [0.5, 0.6) is 5.75 Å². The predicted octanol–water partition coefficient (Wildman–Crippen LogP) is 4.04. The molecule has 1 aromatic rings. The van der Waals surface area contributed by atoms with E-state index in [9.17, 15) is 4.79 Å². The van der Waals surface area contributed by atoms with Gasteiger partial charge in [0.1, 0.15) is 11.4 Å². The van der Waals surface area contributed by atoms with E-state index >= 15 is 0 Å². The van der Waals surface area contributed by atoms with Gasteiger partial charge in [0.15, 0.2) is 0 Å². The lowest BCUT2D eigenvalue weighted by molar-refractivity contribution is 0.0508. The molecule has 0 bridgehead atoms. The second-order valence-corrected chi connectivity index (χ2v) is 6.12. The molecule has 1 rings (SSSR count). The molecule has 1 atom stereocenters. The number of ether oxygens (including phenoxy) is 2. The van der Waals surface area contributed by atoms with Gasteiger partial charge in [0.05, 0.1) is 17.6 Å². The molecular weight excluding hydrogens is 310 g/mol. The summed E-state index contributed by atoms with van der Waals surface area (Å²) in [6.45, 7) is 7.40. The predicted molar refractivity (Wildman–Crippen MR) is 78.5 cm³/mol. The van der Waals surface area contributed by atoms with Crippen LogP contribution in [0.25, 0.3) is 0 Å². The van der Waals surface area contributed by atoms with Gasteiger partial charge in [-0.2, -0.15) is 0 Å². The molecule has 0 spiro atoms. The first-order chi connectivity index (χ1) is 8.73. The maximum absolute atomic E-state index is 11.7. The normalized spacial score (nSPS) is 12.7. The average molecular weight is 330 g/mol. The highest BCUT2D eigenvalue weighted by molar-refractivity contribution is 9.10. The summed E-state index contributed by atoms with van der Waals surface area (Å²) < 4.78 is 11.2. The standard InChI is InChI=1S/C14H20BrNO3/c1-9(16-13(17)19-14(2,3)4)10-6-7-12(18-5)11(15)8-10/h6-9H,1-5H3,(H,16,17). The lowest BCUT2D eigenvalue weighted by Crippen LogP contribution is -2.34. The van der Waals surface area contributed by atoms with E-state index in [0.29, 0.717) is 0 Å². The van der Waals surface area contributed by atoms with Gasteiger partial charge in [0.2, 0.25) is 0 Å². The zero-order chi connectivity index (χ0) is 14.6. The van der Waals surface area contributed by atoms with Crippen LogP contribution in [0.4, 0.5) is 4.79 Å². The van der Waals surface area contributed by atoms with Gasteiger partial charge in [0.25, 0.3) is 0 Å². The van der Waals surface area contributed by atoms with E-state index in [4.69, 9.17) is 9.47 Å². The first-order valence-electron chi connectivity index (χ1n) is 6.06. The Hall–Kier alpha value is -1.23. The van der Waals surface area contributed by atoms with Gasteiger partial charge >= 0.3 is 6.09 Å². The van der Waals surface area contributed by atoms with Crippen molar-refractivity contribution in [1.29, 1.82) is 0 Å². The van der Waals surface area contributed by atoms with Gasteiger partial charge in [0, 0.05) is 0 Å². The molecule has 0 aliphatic carbocycles. The SMILES string of the molecule is COc1ccc(C(C)NC(=O)OC(C)(C)C)cc1Br. The molecule has 0 aromatic heterocycles. The van der Waals surface area contributed by atoms with Crippen LogP contribution in [0.1, 0.15) is 39.3 Å². The van der Waals surface area contributed by atoms with Crippen LogP contribution in [0.15, 0.2) is 22.7 Å². The monoisotopic (exact) mass is 329 g/mol. The van der Waals surface area contributed by atoms with E-state index in [1.165, 1.54) is 0 Å². The number of hydrogen-bond donors (Lipinski definition) is 1. The van der Waals surface area contributed by atoms with Gasteiger partial charge in [-0.15, -0.1) is 0 Å². The Balaban J connectivity index is 2.70. The number of benzene rings is 1. The summed E-state index contributed by atoms with van der Waals surface area (Å²) in [5.41, 5.74) is 0.475. The van der Waals surface area contributed by atoms with Crippen LogP contribution in [0.2, 0.25) is 0 Å². The number of hydrogen-bond acceptors (Lipinski definition) is 3. The molecule has 1 N–H and O–H groups in total. The summed E-state index contributed by atoms with van der Waals surface area (Å²) >= 11 is 3.42. The number of carbonyl (C=O) groups is 1. The molecule has 1 unspecified atom stereocenters. The Morgan fingerprint density at radius 3 is 2.47 bits per heavy atom. The zero-order valence-electron chi connectivity index (χ0n) is 11.9. The molecule has 0 heterocycles. The van der Waals surface area contributed by atoms with E-state index in [-0.39, 0.29) is 6.04 Å². The molecule has 1 aromatic carbocycles. The Kier molecular flexibility index (Phi) is 5.23.